The number of ether oxygens (including phenoxy) is 2. The minimum absolute atomic E-state index is 0.0578. The van der Waals surface area contributed by atoms with Gasteiger partial charge in [-0.3, -0.25) is 4.79 Å². The number of carbonyl (C=O) groups is 1. The standard InChI is InChI=1S/C28H29N3O3/c1-3-11-22-12-7-10-17-26(22)33-19-18-31-25-16-9-8-15-24(25)30-28(31)21(2)29-27(32)20-34-23-13-5-4-6-14-23/h3-10,12-17,21H,1,11,18-20H2,2H3,(H,29,32). The number of hydrogen-bond donors (Lipinski definition) is 1. The third-order valence-corrected chi connectivity index (χ3v) is 5.47. The summed E-state index contributed by atoms with van der Waals surface area (Å²) in [6.45, 7) is 6.76. The van der Waals surface area contributed by atoms with Crippen LogP contribution in [0.15, 0.2) is 91.5 Å². The molecule has 6 nitrogen and oxygen atoms in total. The van der Waals surface area contributed by atoms with Gasteiger partial charge in [-0.1, -0.05) is 54.6 Å². The molecule has 4 rings (SSSR count). The second-order valence-electron chi connectivity index (χ2n) is 7.95. The van der Waals surface area contributed by atoms with E-state index in [2.05, 4.69) is 16.5 Å². The summed E-state index contributed by atoms with van der Waals surface area (Å²) in [5.74, 6) is 2.08. The molecule has 1 aromatic heterocycles. The van der Waals surface area contributed by atoms with Gasteiger partial charge in [0.05, 0.1) is 23.6 Å². The van der Waals surface area contributed by atoms with Crippen LogP contribution in [0.2, 0.25) is 0 Å². The Kier molecular flexibility index (Phi) is 7.60. The number of amides is 1. The predicted molar refractivity (Wildman–Crippen MR) is 134 cm³/mol. The molecule has 174 valence electrons. The van der Waals surface area contributed by atoms with Crippen molar-refractivity contribution >= 4 is 16.9 Å². The molecule has 0 aliphatic carbocycles. The van der Waals surface area contributed by atoms with Crippen LogP contribution in [0.3, 0.4) is 0 Å². The van der Waals surface area contributed by atoms with Gasteiger partial charge >= 0.3 is 0 Å². The second-order valence-corrected chi connectivity index (χ2v) is 7.95. The molecule has 6 heteroatoms. The first-order valence-corrected chi connectivity index (χ1v) is 11.4. The summed E-state index contributed by atoms with van der Waals surface area (Å²) in [5, 5.41) is 3.00. The number of benzene rings is 3. The van der Waals surface area contributed by atoms with Gasteiger partial charge in [-0.2, -0.15) is 0 Å². The zero-order chi connectivity index (χ0) is 23.8. The van der Waals surface area contributed by atoms with E-state index in [1.54, 1.807) is 0 Å². The van der Waals surface area contributed by atoms with Crippen molar-refractivity contribution in [2.45, 2.75) is 25.9 Å². The van der Waals surface area contributed by atoms with Crippen molar-refractivity contribution in [2.24, 2.45) is 0 Å². The summed E-state index contributed by atoms with van der Waals surface area (Å²) in [4.78, 5) is 17.3. The summed E-state index contributed by atoms with van der Waals surface area (Å²) < 4.78 is 13.8. The number of nitrogens with zero attached hydrogens (tertiary/aromatic N) is 2. The van der Waals surface area contributed by atoms with Crippen LogP contribution in [-0.4, -0.2) is 28.7 Å². The number of para-hydroxylation sites is 4. The largest absolute Gasteiger partial charge is 0.491 e. The highest BCUT2D eigenvalue weighted by molar-refractivity contribution is 5.79. The lowest BCUT2D eigenvalue weighted by atomic mass is 10.1. The first kappa shape index (κ1) is 23.1. The topological polar surface area (TPSA) is 65.4 Å². The van der Waals surface area contributed by atoms with Crippen molar-refractivity contribution in [1.82, 2.24) is 14.9 Å². The van der Waals surface area contributed by atoms with E-state index >= 15 is 0 Å². The average Bonchev–Trinajstić information content (AvgIpc) is 3.23. The van der Waals surface area contributed by atoms with Gasteiger partial charge in [-0.15, -0.1) is 6.58 Å². The summed E-state index contributed by atoms with van der Waals surface area (Å²) in [6, 6.07) is 24.9. The fourth-order valence-corrected chi connectivity index (χ4v) is 3.89. The molecule has 0 spiro atoms. The highest BCUT2D eigenvalue weighted by atomic mass is 16.5. The molecule has 1 unspecified atom stereocenters. The number of aromatic nitrogens is 2. The van der Waals surface area contributed by atoms with E-state index < -0.39 is 0 Å². The smallest absolute Gasteiger partial charge is 0.258 e. The lowest BCUT2D eigenvalue weighted by Crippen LogP contribution is -2.33. The zero-order valence-electron chi connectivity index (χ0n) is 19.3. The maximum Gasteiger partial charge on any atom is 0.258 e. The molecule has 3 aromatic carbocycles. The van der Waals surface area contributed by atoms with E-state index in [-0.39, 0.29) is 18.6 Å². The lowest BCUT2D eigenvalue weighted by molar-refractivity contribution is -0.123. The van der Waals surface area contributed by atoms with Crippen LogP contribution < -0.4 is 14.8 Å². The first-order chi connectivity index (χ1) is 16.7. The van der Waals surface area contributed by atoms with Gasteiger partial charge in [0.15, 0.2) is 6.61 Å². The third kappa shape index (κ3) is 5.64. The minimum atomic E-state index is -0.299. The van der Waals surface area contributed by atoms with Crippen molar-refractivity contribution in [3.63, 3.8) is 0 Å². The van der Waals surface area contributed by atoms with Gasteiger partial charge in [0, 0.05) is 0 Å². The van der Waals surface area contributed by atoms with Crippen LogP contribution in [0.5, 0.6) is 11.5 Å². The van der Waals surface area contributed by atoms with Gasteiger partial charge in [0.2, 0.25) is 0 Å². The highest BCUT2D eigenvalue weighted by Crippen LogP contribution is 2.22. The Morgan fingerprint density at radius 2 is 1.76 bits per heavy atom. The molecular formula is C28H29N3O3. The van der Waals surface area contributed by atoms with E-state index in [9.17, 15) is 4.79 Å². The number of fused-ring (bicyclic) bond motifs is 1. The van der Waals surface area contributed by atoms with Crippen LogP contribution in [0.1, 0.15) is 24.4 Å². The van der Waals surface area contributed by atoms with E-state index in [1.165, 1.54) is 0 Å². The van der Waals surface area contributed by atoms with E-state index in [0.717, 1.165) is 34.6 Å². The van der Waals surface area contributed by atoms with Gasteiger partial charge in [-0.05, 0) is 49.2 Å². The van der Waals surface area contributed by atoms with E-state index in [0.29, 0.717) is 18.9 Å². The Bertz CT molecular complexity index is 1250. The number of hydrogen-bond acceptors (Lipinski definition) is 4. The molecule has 1 amide bonds. The Balaban J connectivity index is 1.45. The van der Waals surface area contributed by atoms with Crippen LogP contribution in [0.25, 0.3) is 11.0 Å². The Morgan fingerprint density at radius 1 is 1.03 bits per heavy atom. The molecule has 1 N–H and O–H groups in total. The molecule has 1 atom stereocenters. The van der Waals surface area contributed by atoms with Crippen LogP contribution in [-0.2, 0) is 17.8 Å². The quantitative estimate of drug-likeness (QED) is 0.320. The molecule has 1 heterocycles. The second kappa shape index (κ2) is 11.2. The maximum atomic E-state index is 12.5. The van der Waals surface area contributed by atoms with Crippen LogP contribution in [0, 0.1) is 0 Å². The third-order valence-electron chi connectivity index (χ3n) is 5.47. The fourth-order valence-electron chi connectivity index (χ4n) is 3.89. The molecule has 0 radical (unpaired) electrons. The molecule has 4 aromatic rings. The van der Waals surface area contributed by atoms with Crippen molar-refractivity contribution in [3.05, 3.63) is 103 Å². The summed E-state index contributed by atoms with van der Waals surface area (Å²) >= 11 is 0. The first-order valence-electron chi connectivity index (χ1n) is 11.4. The Hall–Kier alpha value is -4.06. The molecule has 0 saturated heterocycles. The molecule has 0 fully saturated rings. The molecule has 0 bridgehead atoms. The molecule has 0 aliphatic heterocycles. The van der Waals surface area contributed by atoms with E-state index in [4.69, 9.17) is 14.5 Å². The zero-order valence-corrected chi connectivity index (χ0v) is 19.3. The van der Waals surface area contributed by atoms with Gasteiger partial charge in [0.1, 0.15) is 23.9 Å². The molecule has 0 saturated carbocycles. The lowest BCUT2D eigenvalue weighted by Gasteiger charge is -2.17. The Morgan fingerprint density at radius 3 is 2.59 bits per heavy atom. The minimum Gasteiger partial charge on any atom is -0.491 e. The molecule has 34 heavy (non-hydrogen) atoms. The monoisotopic (exact) mass is 455 g/mol. The highest BCUT2D eigenvalue weighted by Gasteiger charge is 2.19. The van der Waals surface area contributed by atoms with Crippen molar-refractivity contribution in [1.29, 1.82) is 0 Å². The number of nitrogens with one attached hydrogen (secondary N) is 1. The molecule has 0 aliphatic rings. The molecular weight excluding hydrogens is 426 g/mol. The van der Waals surface area contributed by atoms with Crippen molar-refractivity contribution < 1.29 is 14.3 Å². The predicted octanol–water partition coefficient (Wildman–Crippen LogP) is 5.10. The SMILES string of the molecule is C=CCc1ccccc1OCCn1c(C(C)NC(=O)COc2ccccc2)nc2ccccc21. The normalized spacial score (nSPS) is 11.7. The number of imidazole rings is 1. The van der Waals surface area contributed by atoms with Crippen molar-refractivity contribution in [2.75, 3.05) is 13.2 Å². The maximum absolute atomic E-state index is 12.5. The number of rotatable bonds is 11. The van der Waals surface area contributed by atoms with Gasteiger partial charge < -0.3 is 19.4 Å². The summed E-state index contributed by atoms with van der Waals surface area (Å²) in [7, 11) is 0. The van der Waals surface area contributed by atoms with Gasteiger partial charge in [0.25, 0.3) is 5.91 Å². The van der Waals surface area contributed by atoms with Gasteiger partial charge in [-0.25, -0.2) is 4.98 Å². The summed E-state index contributed by atoms with van der Waals surface area (Å²) in [5.41, 5.74) is 2.99. The fraction of sp³-hybridized carbons (Fsp3) is 0.214. The summed E-state index contributed by atoms with van der Waals surface area (Å²) in [6.07, 6.45) is 2.62. The van der Waals surface area contributed by atoms with E-state index in [1.807, 2.05) is 91.9 Å². The number of carbonyl (C=O) groups excluding carboxylic acids is 1. The van der Waals surface area contributed by atoms with Crippen LogP contribution >= 0.6 is 0 Å². The van der Waals surface area contributed by atoms with Crippen molar-refractivity contribution in [3.8, 4) is 11.5 Å². The number of allylic oxidation sites excluding steroid dienone is 1. The average molecular weight is 456 g/mol. The Labute approximate surface area is 199 Å². The van der Waals surface area contributed by atoms with Crippen LogP contribution in [0.4, 0.5) is 0 Å².